The summed E-state index contributed by atoms with van der Waals surface area (Å²) in [7, 11) is 0. The molecule has 0 aromatic carbocycles. The molecule has 0 radical (unpaired) electrons. The lowest BCUT2D eigenvalue weighted by molar-refractivity contribution is -0.283. The van der Waals surface area contributed by atoms with Crippen molar-refractivity contribution in [3.05, 3.63) is 0 Å². The molecule has 4 nitrogen and oxygen atoms in total. The van der Waals surface area contributed by atoms with Gasteiger partial charge in [-0.1, -0.05) is 19.8 Å². The van der Waals surface area contributed by atoms with E-state index in [1.165, 1.54) is 19.3 Å². The fraction of sp³-hybridized carbons (Fsp3) is 1.00. The van der Waals surface area contributed by atoms with Crippen LogP contribution in [0.1, 0.15) is 79.6 Å². The molecule has 1 rings (SSSR count). The molecule has 3 N–H and O–H groups in total. The van der Waals surface area contributed by atoms with Crippen LogP contribution in [0.5, 0.6) is 0 Å². The number of hydroxylamine groups is 2. The number of hydrogen-bond acceptors (Lipinski definition) is 4. The summed E-state index contributed by atoms with van der Waals surface area (Å²) in [6.45, 7) is 14.1. The first-order valence-electron chi connectivity index (χ1n) is 9.20. The van der Waals surface area contributed by atoms with Crippen LogP contribution in [0, 0.1) is 0 Å². The molecule has 22 heavy (non-hydrogen) atoms. The number of piperidine rings is 1. The van der Waals surface area contributed by atoms with Crippen LogP contribution in [0.2, 0.25) is 0 Å². The van der Waals surface area contributed by atoms with Crippen molar-refractivity contribution in [1.29, 1.82) is 0 Å². The largest absolute Gasteiger partial charge is 0.330 e. The average Bonchev–Trinajstić information content (AvgIpc) is 2.40. The van der Waals surface area contributed by atoms with E-state index in [1.807, 2.05) is 0 Å². The van der Waals surface area contributed by atoms with Gasteiger partial charge in [0.15, 0.2) is 0 Å². The van der Waals surface area contributed by atoms with Gasteiger partial charge in [-0.25, -0.2) is 0 Å². The standard InChI is InChI=1S/C18H39N3O/c1-6-13-22-21-17(2,3)14-16(15-18(21,4)5)20-12-10-8-7-9-11-19/h16,20H,6-15,19H2,1-5H3. The average molecular weight is 314 g/mol. The maximum absolute atomic E-state index is 6.07. The molecule has 0 bridgehead atoms. The van der Waals surface area contributed by atoms with E-state index in [-0.39, 0.29) is 11.1 Å². The molecule has 0 atom stereocenters. The Labute approximate surface area is 138 Å². The number of rotatable bonds is 10. The number of unbranched alkanes of at least 4 members (excludes halogenated alkanes) is 3. The van der Waals surface area contributed by atoms with Crippen LogP contribution in [0.25, 0.3) is 0 Å². The summed E-state index contributed by atoms with van der Waals surface area (Å²) in [6, 6.07) is 0.584. The quantitative estimate of drug-likeness (QED) is 0.607. The molecule has 1 heterocycles. The summed E-state index contributed by atoms with van der Waals surface area (Å²) in [5.41, 5.74) is 5.69. The summed E-state index contributed by atoms with van der Waals surface area (Å²) >= 11 is 0. The van der Waals surface area contributed by atoms with Crippen molar-refractivity contribution in [1.82, 2.24) is 10.4 Å². The SMILES string of the molecule is CCCON1C(C)(C)CC(NCCCCCCN)CC1(C)C. The number of nitrogens with zero attached hydrogens (tertiary/aromatic N) is 1. The molecule has 1 aliphatic heterocycles. The minimum atomic E-state index is 0.0775. The van der Waals surface area contributed by atoms with Crippen LogP contribution in [0.3, 0.4) is 0 Å². The fourth-order valence-electron chi connectivity index (χ4n) is 3.87. The molecule has 0 aromatic rings. The number of nitrogens with one attached hydrogen (secondary N) is 1. The first-order chi connectivity index (χ1) is 10.3. The summed E-state index contributed by atoms with van der Waals surface area (Å²) < 4.78 is 0. The third-order valence-corrected chi connectivity index (χ3v) is 4.58. The Bertz CT molecular complexity index is 287. The van der Waals surface area contributed by atoms with Gasteiger partial charge in [-0.15, -0.1) is 0 Å². The van der Waals surface area contributed by atoms with E-state index < -0.39 is 0 Å². The highest BCUT2D eigenvalue weighted by molar-refractivity contribution is 4.99. The maximum Gasteiger partial charge on any atom is 0.0683 e. The van der Waals surface area contributed by atoms with Crippen molar-refractivity contribution in [3.8, 4) is 0 Å². The minimum absolute atomic E-state index is 0.0775. The highest BCUT2D eigenvalue weighted by atomic mass is 16.7. The third-order valence-electron chi connectivity index (χ3n) is 4.58. The maximum atomic E-state index is 6.07. The molecule has 1 saturated heterocycles. The summed E-state index contributed by atoms with van der Waals surface area (Å²) in [4.78, 5) is 6.07. The lowest BCUT2D eigenvalue weighted by Gasteiger charge is -2.54. The van der Waals surface area contributed by atoms with Gasteiger partial charge in [-0.3, -0.25) is 4.84 Å². The van der Waals surface area contributed by atoms with Crippen LogP contribution in [0.4, 0.5) is 0 Å². The van der Waals surface area contributed by atoms with Gasteiger partial charge >= 0.3 is 0 Å². The Hall–Kier alpha value is -0.160. The smallest absolute Gasteiger partial charge is 0.0683 e. The van der Waals surface area contributed by atoms with Crippen molar-refractivity contribution < 1.29 is 4.84 Å². The zero-order chi connectivity index (χ0) is 16.6. The molecule has 4 heteroatoms. The van der Waals surface area contributed by atoms with Gasteiger partial charge in [-0.05, 0) is 72.9 Å². The van der Waals surface area contributed by atoms with E-state index >= 15 is 0 Å². The Morgan fingerprint density at radius 2 is 1.64 bits per heavy atom. The molecular formula is C18H39N3O. The Kier molecular flexibility index (Phi) is 8.33. The Morgan fingerprint density at radius 1 is 1.05 bits per heavy atom. The van der Waals surface area contributed by atoms with Crippen LogP contribution in [-0.2, 0) is 4.84 Å². The lowest BCUT2D eigenvalue weighted by atomic mass is 9.79. The first kappa shape index (κ1) is 19.9. The molecular weight excluding hydrogens is 274 g/mol. The van der Waals surface area contributed by atoms with Crippen molar-refractivity contribution >= 4 is 0 Å². The highest BCUT2D eigenvalue weighted by Gasteiger charge is 2.46. The second-order valence-corrected chi connectivity index (χ2v) is 8.01. The topological polar surface area (TPSA) is 50.5 Å². The van der Waals surface area contributed by atoms with Gasteiger partial charge in [-0.2, -0.15) is 5.06 Å². The first-order valence-corrected chi connectivity index (χ1v) is 9.20. The normalized spacial score (nSPS) is 22.1. The van der Waals surface area contributed by atoms with Gasteiger partial charge < -0.3 is 11.1 Å². The van der Waals surface area contributed by atoms with E-state index in [4.69, 9.17) is 10.6 Å². The molecule has 1 aliphatic rings. The van der Waals surface area contributed by atoms with Crippen LogP contribution in [-0.4, -0.2) is 41.9 Å². The van der Waals surface area contributed by atoms with Crippen molar-refractivity contribution in [2.24, 2.45) is 5.73 Å². The molecule has 1 fully saturated rings. The summed E-state index contributed by atoms with van der Waals surface area (Å²) in [6.07, 6.45) is 8.31. The second-order valence-electron chi connectivity index (χ2n) is 8.01. The van der Waals surface area contributed by atoms with Crippen molar-refractivity contribution in [2.75, 3.05) is 19.7 Å². The van der Waals surface area contributed by atoms with Gasteiger partial charge in [0.2, 0.25) is 0 Å². The molecule has 0 unspecified atom stereocenters. The summed E-state index contributed by atoms with van der Waals surface area (Å²) in [5, 5.41) is 6.03. The van der Waals surface area contributed by atoms with Gasteiger partial charge in [0.1, 0.15) is 0 Å². The van der Waals surface area contributed by atoms with Crippen molar-refractivity contribution in [2.45, 2.75) is 96.7 Å². The van der Waals surface area contributed by atoms with Gasteiger partial charge in [0, 0.05) is 17.1 Å². The van der Waals surface area contributed by atoms with E-state index in [1.54, 1.807) is 0 Å². The second kappa shape index (κ2) is 9.21. The fourth-order valence-corrected chi connectivity index (χ4v) is 3.87. The third kappa shape index (κ3) is 6.15. The molecule has 0 amide bonds. The molecule has 0 saturated carbocycles. The van der Waals surface area contributed by atoms with Crippen molar-refractivity contribution in [3.63, 3.8) is 0 Å². The molecule has 132 valence electrons. The van der Waals surface area contributed by atoms with E-state index in [9.17, 15) is 0 Å². The minimum Gasteiger partial charge on any atom is -0.330 e. The Balaban J connectivity index is 2.43. The van der Waals surface area contributed by atoms with Crippen LogP contribution < -0.4 is 11.1 Å². The van der Waals surface area contributed by atoms with Crippen LogP contribution in [0.15, 0.2) is 0 Å². The lowest BCUT2D eigenvalue weighted by Crippen LogP contribution is -2.63. The van der Waals surface area contributed by atoms with E-state index in [2.05, 4.69) is 45.0 Å². The predicted octanol–water partition coefficient (Wildman–Crippen LogP) is 3.46. The highest BCUT2D eigenvalue weighted by Crippen LogP contribution is 2.38. The van der Waals surface area contributed by atoms with E-state index in [0.29, 0.717) is 6.04 Å². The summed E-state index contributed by atoms with van der Waals surface area (Å²) in [5.74, 6) is 0. The van der Waals surface area contributed by atoms with Gasteiger partial charge in [0.25, 0.3) is 0 Å². The zero-order valence-electron chi connectivity index (χ0n) is 15.6. The predicted molar refractivity (Wildman–Crippen MR) is 94.8 cm³/mol. The zero-order valence-corrected chi connectivity index (χ0v) is 15.6. The van der Waals surface area contributed by atoms with E-state index in [0.717, 1.165) is 45.4 Å². The van der Waals surface area contributed by atoms with Crippen LogP contribution >= 0.6 is 0 Å². The monoisotopic (exact) mass is 313 g/mol. The molecule has 0 aromatic heterocycles. The number of hydrogen-bond donors (Lipinski definition) is 2. The Morgan fingerprint density at radius 3 is 2.18 bits per heavy atom. The molecule has 0 aliphatic carbocycles. The number of nitrogens with two attached hydrogens (primary N) is 1. The molecule has 0 spiro atoms. The van der Waals surface area contributed by atoms with Gasteiger partial charge in [0.05, 0.1) is 6.61 Å².